The Bertz CT molecular complexity index is 597. The second-order valence-corrected chi connectivity index (χ2v) is 4.54. The molecule has 1 N–H and O–H groups in total. The van der Waals surface area contributed by atoms with Crippen molar-refractivity contribution < 1.29 is 18.0 Å². The third-order valence-corrected chi connectivity index (χ3v) is 3.05. The van der Waals surface area contributed by atoms with E-state index in [4.69, 9.17) is 9.26 Å². The molecule has 0 aliphatic carbocycles. The lowest BCUT2D eigenvalue weighted by Gasteiger charge is -2.21. The molecular formula is C13H13F2N3O2. The fourth-order valence-corrected chi connectivity index (χ4v) is 2.04. The summed E-state index contributed by atoms with van der Waals surface area (Å²) in [5.74, 6) is -1.19. The number of hydrogen-bond acceptors (Lipinski definition) is 5. The monoisotopic (exact) mass is 281 g/mol. The van der Waals surface area contributed by atoms with Gasteiger partial charge in [0.1, 0.15) is 0 Å². The van der Waals surface area contributed by atoms with Gasteiger partial charge < -0.3 is 14.6 Å². The standard InChI is InChI=1S/C13H13F2N3O2/c14-10-2-1-8(5-11(10)15)13-17-12(20-18-13)6-9-7-16-3-4-19-9/h1-2,5,9,16H,3-4,6-7H2. The van der Waals surface area contributed by atoms with Gasteiger partial charge in [-0.3, -0.25) is 0 Å². The maximum absolute atomic E-state index is 13.2. The Morgan fingerprint density at radius 3 is 2.95 bits per heavy atom. The van der Waals surface area contributed by atoms with Gasteiger partial charge in [-0.1, -0.05) is 5.16 Å². The molecule has 7 heteroatoms. The van der Waals surface area contributed by atoms with E-state index in [9.17, 15) is 8.78 Å². The molecule has 0 spiro atoms. The minimum absolute atomic E-state index is 0.0120. The molecule has 2 aromatic rings. The molecule has 0 amide bonds. The SMILES string of the molecule is Fc1ccc(-c2noc(CC3CNCCO3)n2)cc1F. The van der Waals surface area contributed by atoms with Crippen molar-refractivity contribution in [1.82, 2.24) is 15.5 Å². The Labute approximate surface area is 113 Å². The van der Waals surface area contributed by atoms with Crippen molar-refractivity contribution in [2.24, 2.45) is 0 Å². The fraction of sp³-hybridized carbons (Fsp3) is 0.385. The molecule has 2 heterocycles. The highest BCUT2D eigenvalue weighted by atomic mass is 19.2. The summed E-state index contributed by atoms with van der Waals surface area (Å²) in [7, 11) is 0. The quantitative estimate of drug-likeness (QED) is 0.925. The van der Waals surface area contributed by atoms with Gasteiger partial charge >= 0.3 is 0 Å². The van der Waals surface area contributed by atoms with Gasteiger partial charge in [-0.05, 0) is 18.2 Å². The van der Waals surface area contributed by atoms with Gasteiger partial charge in [-0.2, -0.15) is 4.98 Å². The summed E-state index contributed by atoms with van der Waals surface area (Å²) in [5, 5.41) is 6.97. The van der Waals surface area contributed by atoms with E-state index in [-0.39, 0.29) is 11.9 Å². The minimum Gasteiger partial charge on any atom is -0.375 e. The van der Waals surface area contributed by atoms with E-state index in [0.717, 1.165) is 25.2 Å². The molecule has 106 valence electrons. The van der Waals surface area contributed by atoms with Crippen LogP contribution in [0.5, 0.6) is 0 Å². The van der Waals surface area contributed by atoms with Crippen LogP contribution in [-0.2, 0) is 11.2 Å². The van der Waals surface area contributed by atoms with Gasteiger partial charge in [0.25, 0.3) is 0 Å². The van der Waals surface area contributed by atoms with Crippen LogP contribution in [0, 0.1) is 11.6 Å². The lowest BCUT2D eigenvalue weighted by molar-refractivity contribution is 0.0246. The zero-order valence-corrected chi connectivity index (χ0v) is 10.6. The highest BCUT2D eigenvalue weighted by molar-refractivity contribution is 5.54. The van der Waals surface area contributed by atoms with Crippen molar-refractivity contribution >= 4 is 0 Å². The summed E-state index contributed by atoms with van der Waals surface area (Å²) in [6.07, 6.45) is 0.478. The minimum atomic E-state index is -0.936. The average molecular weight is 281 g/mol. The first kappa shape index (κ1) is 13.1. The van der Waals surface area contributed by atoms with E-state index in [1.165, 1.54) is 6.07 Å². The lowest BCUT2D eigenvalue weighted by atomic mass is 10.2. The van der Waals surface area contributed by atoms with E-state index in [0.29, 0.717) is 24.5 Å². The topological polar surface area (TPSA) is 60.2 Å². The van der Waals surface area contributed by atoms with Crippen LogP contribution in [-0.4, -0.2) is 35.9 Å². The largest absolute Gasteiger partial charge is 0.375 e. The van der Waals surface area contributed by atoms with Crippen molar-refractivity contribution in [3.05, 3.63) is 35.7 Å². The first-order chi connectivity index (χ1) is 9.72. The molecule has 3 rings (SSSR count). The van der Waals surface area contributed by atoms with E-state index in [1.807, 2.05) is 0 Å². The summed E-state index contributed by atoms with van der Waals surface area (Å²) in [6, 6.07) is 3.49. The van der Waals surface area contributed by atoms with Crippen LogP contribution in [0.2, 0.25) is 0 Å². The molecule has 5 nitrogen and oxygen atoms in total. The molecule has 1 aliphatic rings. The zero-order valence-electron chi connectivity index (χ0n) is 10.6. The number of ether oxygens (including phenoxy) is 1. The average Bonchev–Trinajstić information content (AvgIpc) is 2.91. The third kappa shape index (κ3) is 2.83. The number of halogens is 2. The van der Waals surface area contributed by atoms with Gasteiger partial charge in [0, 0.05) is 18.7 Å². The number of rotatable bonds is 3. The Kier molecular flexibility index (Phi) is 3.70. The van der Waals surface area contributed by atoms with Gasteiger partial charge in [0.15, 0.2) is 11.6 Å². The maximum atomic E-state index is 13.2. The third-order valence-electron chi connectivity index (χ3n) is 3.05. The van der Waals surface area contributed by atoms with Gasteiger partial charge in [0.2, 0.25) is 11.7 Å². The van der Waals surface area contributed by atoms with Crippen molar-refractivity contribution in [2.75, 3.05) is 19.7 Å². The van der Waals surface area contributed by atoms with E-state index in [1.54, 1.807) is 0 Å². The molecule has 0 bridgehead atoms. The number of benzene rings is 1. The molecule has 1 aromatic carbocycles. The van der Waals surface area contributed by atoms with Crippen LogP contribution < -0.4 is 5.32 Å². The summed E-state index contributed by atoms with van der Waals surface area (Å²) >= 11 is 0. The van der Waals surface area contributed by atoms with E-state index >= 15 is 0 Å². The number of aromatic nitrogens is 2. The molecule has 1 fully saturated rings. The smallest absolute Gasteiger partial charge is 0.229 e. The predicted molar refractivity (Wildman–Crippen MR) is 66.0 cm³/mol. The molecule has 0 radical (unpaired) electrons. The predicted octanol–water partition coefficient (Wildman–Crippen LogP) is 1.55. The molecule has 1 atom stereocenters. The van der Waals surface area contributed by atoms with Crippen LogP contribution in [0.3, 0.4) is 0 Å². The summed E-state index contributed by atoms with van der Waals surface area (Å²) in [5.41, 5.74) is 0.376. The molecule has 0 saturated carbocycles. The maximum Gasteiger partial charge on any atom is 0.229 e. The molecular weight excluding hydrogens is 268 g/mol. The molecule has 1 saturated heterocycles. The lowest BCUT2D eigenvalue weighted by Crippen LogP contribution is -2.39. The molecule has 20 heavy (non-hydrogen) atoms. The van der Waals surface area contributed by atoms with Crippen LogP contribution in [0.1, 0.15) is 5.89 Å². The van der Waals surface area contributed by atoms with E-state index in [2.05, 4.69) is 15.5 Å². The van der Waals surface area contributed by atoms with Gasteiger partial charge in [-0.25, -0.2) is 8.78 Å². The highest BCUT2D eigenvalue weighted by Gasteiger charge is 2.18. The highest BCUT2D eigenvalue weighted by Crippen LogP contribution is 2.19. The summed E-state index contributed by atoms with van der Waals surface area (Å²) in [4.78, 5) is 4.17. The second kappa shape index (κ2) is 5.64. The number of nitrogens with one attached hydrogen (secondary N) is 1. The Balaban J connectivity index is 1.73. The Hall–Kier alpha value is -1.86. The molecule has 1 aromatic heterocycles. The van der Waals surface area contributed by atoms with E-state index < -0.39 is 11.6 Å². The Morgan fingerprint density at radius 2 is 2.20 bits per heavy atom. The molecule has 1 unspecified atom stereocenters. The first-order valence-corrected chi connectivity index (χ1v) is 6.33. The fourth-order valence-electron chi connectivity index (χ4n) is 2.04. The normalized spacial score (nSPS) is 19.2. The second-order valence-electron chi connectivity index (χ2n) is 4.54. The van der Waals surface area contributed by atoms with Crippen LogP contribution in [0.25, 0.3) is 11.4 Å². The zero-order chi connectivity index (χ0) is 13.9. The summed E-state index contributed by atoms with van der Waals surface area (Å²) < 4.78 is 36.7. The van der Waals surface area contributed by atoms with Crippen molar-refractivity contribution in [2.45, 2.75) is 12.5 Å². The number of hydrogen-bond donors (Lipinski definition) is 1. The van der Waals surface area contributed by atoms with Gasteiger partial charge in [-0.15, -0.1) is 0 Å². The Morgan fingerprint density at radius 1 is 1.30 bits per heavy atom. The van der Waals surface area contributed by atoms with Crippen LogP contribution >= 0.6 is 0 Å². The van der Waals surface area contributed by atoms with Crippen molar-refractivity contribution in [3.63, 3.8) is 0 Å². The summed E-state index contributed by atoms with van der Waals surface area (Å²) in [6.45, 7) is 2.21. The van der Waals surface area contributed by atoms with Crippen molar-refractivity contribution in [3.8, 4) is 11.4 Å². The van der Waals surface area contributed by atoms with Crippen LogP contribution in [0.4, 0.5) is 8.78 Å². The number of nitrogens with zero attached hydrogens (tertiary/aromatic N) is 2. The van der Waals surface area contributed by atoms with Gasteiger partial charge in [0.05, 0.1) is 19.1 Å². The first-order valence-electron chi connectivity index (χ1n) is 6.33. The molecule has 1 aliphatic heterocycles. The number of morpholine rings is 1. The van der Waals surface area contributed by atoms with Crippen molar-refractivity contribution in [1.29, 1.82) is 0 Å². The van der Waals surface area contributed by atoms with Crippen LogP contribution in [0.15, 0.2) is 22.7 Å².